The summed E-state index contributed by atoms with van der Waals surface area (Å²) < 4.78 is 0. The van der Waals surface area contributed by atoms with Gasteiger partial charge in [-0.05, 0) is 79.3 Å². The van der Waals surface area contributed by atoms with Gasteiger partial charge in [0.1, 0.15) is 10.8 Å². The molecule has 4 aliphatic carbocycles. The molecular weight excluding hydrogens is 324 g/mol. The second-order valence-corrected chi connectivity index (χ2v) is 13.1. The van der Waals surface area contributed by atoms with Crippen LogP contribution >= 0.6 is 0 Å². The van der Waals surface area contributed by atoms with Gasteiger partial charge < -0.3 is 9.59 Å². The largest absolute Gasteiger partial charge is 0.304 e. The highest BCUT2D eigenvalue weighted by atomic mass is 28.3. The number of hydrogen-bond acceptors (Lipinski definition) is 2. The van der Waals surface area contributed by atoms with Crippen molar-refractivity contribution in [2.45, 2.75) is 70.3 Å². The van der Waals surface area contributed by atoms with Gasteiger partial charge in [0.2, 0.25) is 8.07 Å². The van der Waals surface area contributed by atoms with E-state index >= 15 is 0 Å². The van der Waals surface area contributed by atoms with Gasteiger partial charge in [0.25, 0.3) is 0 Å². The Hall–Kier alpha value is -1.22. The molecule has 4 fully saturated rings. The second kappa shape index (κ2) is 6.19. The Kier molecular flexibility index (Phi) is 4.26. The Morgan fingerprint density at radius 2 is 1.32 bits per heavy atom. The number of hydrogen-bond donors (Lipinski definition) is 0. The molecule has 3 heteroatoms. The smallest absolute Gasteiger partial charge is 0.243 e. The van der Waals surface area contributed by atoms with E-state index < -0.39 is 8.07 Å². The summed E-state index contributed by atoms with van der Waals surface area (Å²) in [7, 11) is -2.91. The van der Waals surface area contributed by atoms with Gasteiger partial charge in [-0.3, -0.25) is 0 Å². The van der Waals surface area contributed by atoms with Crippen molar-refractivity contribution in [3.63, 3.8) is 0 Å². The lowest BCUT2D eigenvalue weighted by molar-refractivity contribution is -0.117. The van der Waals surface area contributed by atoms with Crippen LogP contribution in [0.15, 0.2) is 30.3 Å². The first-order valence-corrected chi connectivity index (χ1v) is 12.2. The Labute approximate surface area is 152 Å². The van der Waals surface area contributed by atoms with E-state index in [1.807, 2.05) is 32.0 Å². The minimum atomic E-state index is -2.91. The zero-order valence-electron chi connectivity index (χ0n) is 15.6. The molecule has 0 unspecified atom stereocenters. The maximum absolute atomic E-state index is 13.6. The van der Waals surface area contributed by atoms with Gasteiger partial charge in [-0.15, -0.1) is 0 Å². The highest BCUT2D eigenvalue weighted by molar-refractivity contribution is 7.33. The monoisotopic (exact) mass is 354 g/mol. The van der Waals surface area contributed by atoms with Gasteiger partial charge in [0.05, 0.1) is 0 Å². The van der Waals surface area contributed by atoms with Crippen molar-refractivity contribution in [2.75, 3.05) is 0 Å². The Balaban J connectivity index is 1.94. The van der Waals surface area contributed by atoms with E-state index in [0.717, 1.165) is 42.2 Å². The molecule has 0 aliphatic heterocycles. The van der Waals surface area contributed by atoms with Gasteiger partial charge in [-0.25, -0.2) is 0 Å². The average Bonchev–Trinajstić information content (AvgIpc) is 2.61. The third-order valence-electron chi connectivity index (χ3n) is 7.52. The number of carbonyl (C=O) groups is 2. The van der Waals surface area contributed by atoms with E-state index in [4.69, 9.17) is 0 Å². The summed E-state index contributed by atoms with van der Waals surface area (Å²) in [6, 6.07) is 10.3. The van der Waals surface area contributed by atoms with Crippen molar-refractivity contribution in [2.24, 2.45) is 17.8 Å². The molecule has 0 spiro atoms. The third kappa shape index (κ3) is 2.34. The van der Waals surface area contributed by atoms with E-state index in [1.165, 1.54) is 19.3 Å². The predicted molar refractivity (Wildman–Crippen MR) is 103 cm³/mol. The summed E-state index contributed by atoms with van der Waals surface area (Å²) in [6.45, 7) is 3.94. The molecule has 134 valence electrons. The lowest BCUT2D eigenvalue weighted by Crippen LogP contribution is -2.72. The van der Waals surface area contributed by atoms with Gasteiger partial charge in [0, 0.05) is 0 Å². The summed E-state index contributed by atoms with van der Waals surface area (Å²) in [6.07, 6.45) is 8.47. The first-order chi connectivity index (χ1) is 12.1. The SMILES string of the molecule is CCC(=O)[Si](C(=O)CC)(c1ccccc1)C12CC3CC(CC(C3)C1)C2. The predicted octanol–water partition coefficient (Wildman–Crippen LogP) is 4.35. The van der Waals surface area contributed by atoms with E-state index in [1.54, 1.807) is 0 Å². The van der Waals surface area contributed by atoms with Crippen molar-refractivity contribution >= 4 is 24.1 Å². The molecule has 0 atom stereocenters. The summed E-state index contributed by atoms with van der Waals surface area (Å²) in [5.74, 6) is 2.28. The molecule has 0 amide bonds. The molecule has 0 N–H and O–H groups in total. The number of carbonyl (C=O) groups excluding carboxylic acids is 2. The second-order valence-electron chi connectivity index (χ2n) is 8.87. The third-order valence-corrected chi connectivity index (χ3v) is 13.3. The minimum absolute atomic E-state index is 0.00326. The highest BCUT2D eigenvalue weighted by Gasteiger charge is 2.67. The van der Waals surface area contributed by atoms with Crippen LogP contribution in [0.4, 0.5) is 0 Å². The Morgan fingerprint density at radius 3 is 1.72 bits per heavy atom. The minimum Gasteiger partial charge on any atom is -0.304 e. The van der Waals surface area contributed by atoms with E-state index in [2.05, 4.69) is 12.1 Å². The first kappa shape index (κ1) is 17.2. The van der Waals surface area contributed by atoms with Crippen molar-refractivity contribution in [1.29, 1.82) is 0 Å². The van der Waals surface area contributed by atoms with Crippen LogP contribution in [0.5, 0.6) is 0 Å². The van der Waals surface area contributed by atoms with Gasteiger partial charge >= 0.3 is 0 Å². The van der Waals surface area contributed by atoms with E-state index in [-0.39, 0.29) is 5.04 Å². The van der Waals surface area contributed by atoms with Crippen LogP contribution in [0.1, 0.15) is 65.2 Å². The molecule has 0 saturated heterocycles. The zero-order valence-corrected chi connectivity index (χ0v) is 16.6. The van der Waals surface area contributed by atoms with Crippen LogP contribution in [0.2, 0.25) is 5.04 Å². The lowest BCUT2D eigenvalue weighted by atomic mass is 9.56. The van der Waals surface area contributed by atoms with Crippen molar-refractivity contribution in [3.05, 3.63) is 30.3 Å². The normalized spacial score (nSPS) is 33.4. The van der Waals surface area contributed by atoms with Crippen molar-refractivity contribution < 1.29 is 9.59 Å². The average molecular weight is 355 g/mol. The quantitative estimate of drug-likeness (QED) is 0.712. The molecule has 4 aliphatic rings. The molecular formula is C22H30O2Si. The summed E-state index contributed by atoms with van der Waals surface area (Å²) in [5, 5.41) is 1.71. The van der Waals surface area contributed by atoms with Crippen molar-refractivity contribution in [3.8, 4) is 0 Å². The fourth-order valence-corrected chi connectivity index (χ4v) is 13.5. The molecule has 4 bridgehead atoms. The van der Waals surface area contributed by atoms with E-state index in [0.29, 0.717) is 23.7 Å². The van der Waals surface area contributed by atoms with Gasteiger partial charge in [-0.1, -0.05) is 44.2 Å². The van der Waals surface area contributed by atoms with Crippen molar-refractivity contribution in [1.82, 2.24) is 0 Å². The Bertz CT molecular complexity index is 627. The molecule has 4 saturated carbocycles. The Morgan fingerprint density at radius 1 is 0.880 bits per heavy atom. The first-order valence-electron chi connectivity index (χ1n) is 10.2. The molecule has 0 heterocycles. The zero-order chi connectivity index (χ0) is 17.7. The molecule has 2 nitrogen and oxygen atoms in total. The molecule has 25 heavy (non-hydrogen) atoms. The summed E-state index contributed by atoms with van der Waals surface area (Å²) in [4.78, 5) is 27.2. The van der Waals surface area contributed by atoms with Crippen LogP contribution in [0, 0.1) is 17.8 Å². The molecule has 1 aromatic rings. The topological polar surface area (TPSA) is 34.1 Å². The lowest BCUT2D eigenvalue weighted by Gasteiger charge is -2.62. The fourth-order valence-electron chi connectivity index (χ4n) is 7.16. The standard InChI is InChI=1S/C22H30O2Si/c1-3-20(23)25(21(24)4-2,19-8-6-5-7-9-19)22-13-16-10-17(14-22)12-18(11-16)15-22/h5-9,16-18H,3-4,10-15H2,1-2H3. The van der Waals surface area contributed by atoms with Gasteiger partial charge in [0.15, 0.2) is 0 Å². The number of rotatable bonds is 6. The van der Waals surface area contributed by atoms with Crippen LogP contribution in [-0.2, 0) is 9.59 Å². The summed E-state index contributed by atoms with van der Waals surface area (Å²) in [5.41, 5.74) is 0. The number of benzene rings is 1. The highest BCUT2D eigenvalue weighted by Crippen LogP contribution is 2.67. The van der Waals surface area contributed by atoms with Gasteiger partial charge in [-0.2, -0.15) is 0 Å². The molecule has 0 radical (unpaired) electrons. The molecule has 0 aromatic heterocycles. The van der Waals surface area contributed by atoms with Crippen LogP contribution < -0.4 is 5.19 Å². The molecule has 5 rings (SSSR count). The fraction of sp³-hybridized carbons (Fsp3) is 0.636. The summed E-state index contributed by atoms with van der Waals surface area (Å²) >= 11 is 0. The van der Waals surface area contributed by atoms with Crippen LogP contribution in [0.25, 0.3) is 0 Å². The van der Waals surface area contributed by atoms with Crippen LogP contribution in [-0.4, -0.2) is 18.9 Å². The van der Waals surface area contributed by atoms with Crippen LogP contribution in [0.3, 0.4) is 0 Å². The maximum Gasteiger partial charge on any atom is 0.243 e. The maximum atomic E-state index is 13.6. The van der Waals surface area contributed by atoms with E-state index in [9.17, 15) is 9.59 Å². The molecule has 1 aromatic carbocycles.